The van der Waals surface area contributed by atoms with Gasteiger partial charge >= 0.3 is 0 Å². The standard InChI is InChI=1S/C25H34N4O/c26-8-4-1-5-9-27-24-11-19-10-20(12-24)14-25(13-19,18-24)28-15-23(30)29-16-21-6-2-3-7-22(21)17-29/h2-3,6-7,19-20,27-28H,1,4-5,9-18H2. The topological polar surface area (TPSA) is 68.2 Å². The summed E-state index contributed by atoms with van der Waals surface area (Å²) in [6, 6.07) is 10.7. The first-order chi connectivity index (χ1) is 14.6. The lowest BCUT2D eigenvalue weighted by Gasteiger charge is -2.62. The number of carbonyl (C=O) groups is 1. The lowest BCUT2D eigenvalue weighted by Crippen LogP contribution is -2.69. The van der Waals surface area contributed by atoms with E-state index in [1.807, 2.05) is 4.90 Å². The molecule has 4 saturated carbocycles. The van der Waals surface area contributed by atoms with E-state index in [2.05, 4.69) is 41.0 Å². The summed E-state index contributed by atoms with van der Waals surface area (Å²) >= 11 is 0. The van der Waals surface area contributed by atoms with E-state index in [4.69, 9.17) is 5.26 Å². The minimum absolute atomic E-state index is 0.131. The molecule has 160 valence electrons. The molecule has 2 atom stereocenters. The zero-order chi connectivity index (χ0) is 20.6. The van der Waals surface area contributed by atoms with Crippen LogP contribution in [-0.4, -0.2) is 35.0 Å². The van der Waals surface area contributed by atoms with Gasteiger partial charge in [-0.2, -0.15) is 5.26 Å². The van der Waals surface area contributed by atoms with Crippen LogP contribution in [0, 0.1) is 23.2 Å². The van der Waals surface area contributed by atoms with Gasteiger partial charge in [0.2, 0.25) is 5.91 Å². The van der Waals surface area contributed by atoms with Crippen molar-refractivity contribution in [3.05, 3.63) is 35.4 Å². The highest BCUT2D eigenvalue weighted by molar-refractivity contribution is 5.79. The van der Waals surface area contributed by atoms with E-state index in [-0.39, 0.29) is 17.0 Å². The number of amides is 1. The van der Waals surface area contributed by atoms with Gasteiger partial charge < -0.3 is 15.5 Å². The van der Waals surface area contributed by atoms with E-state index in [9.17, 15) is 4.79 Å². The molecule has 4 aliphatic carbocycles. The number of nitrogens with one attached hydrogen (secondary N) is 2. The van der Waals surface area contributed by atoms with Crippen LogP contribution in [0.15, 0.2) is 24.3 Å². The molecule has 0 radical (unpaired) electrons. The Kier molecular flexibility index (Phi) is 5.33. The fourth-order valence-corrected chi connectivity index (χ4v) is 7.24. The van der Waals surface area contributed by atoms with Gasteiger partial charge in [0.25, 0.3) is 0 Å². The van der Waals surface area contributed by atoms with Crippen LogP contribution >= 0.6 is 0 Å². The fraction of sp³-hybridized carbons (Fsp3) is 0.680. The van der Waals surface area contributed by atoms with Crippen LogP contribution in [0.25, 0.3) is 0 Å². The Morgan fingerprint density at radius 1 is 1.03 bits per heavy atom. The van der Waals surface area contributed by atoms with Gasteiger partial charge in [-0.05, 0) is 80.9 Å². The second kappa shape index (κ2) is 7.98. The van der Waals surface area contributed by atoms with Crippen molar-refractivity contribution >= 4 is 5.91 Å². The summed E-state index contributed by atoms with van der Waals surface area (Å²) < 4.78 is 0. The highest BCUT2D eigenvalue weighted by Gasteiger charge is 2.57. The molecule has 0 saturated heterocycles. The lowest BCUT2D eigenvalue weighted by atomic mass is 9.50. The Morgan fingerprint density at radius 2 is 1.67 bits per heavy atom. The lowest BCUT2D eigenvalue weighted by molar-refractivity contribution is -0.132. The molecule has 5 aliphatic rings. The van der Waals surface area contributed by atoms with Crippen LogP contribution in [0.3, 0.4) is 0 Å². The van der Waals surface area contributed by atoms with Crippen molar-refractivity contribution in [2.75, 3.05) is 13.1 Å². The maximum atomic E-state index is 13.0. The molecule has 0 aromatic heterocycles. The highest BCUT2D eigenvalue weighted by atomic mass is 16.2. The number of benzene rings is 1. The van der Waals surface area contributed by atoms with Gasteiger partial charge in [-0.1, -0.05) is 24.3 Å². The monoisotopic (exact) mass is 406 g/mol. The summed E-state index contributed by atoms with van der Waals surface area (Å²) in [5.74, 6) is 1.81. The number of hydrogen-bond acceptors (Lipinski definition) is 4. The highest BCUT2D eigenvalue weighted by Crippen LogP contribution is 2.57. The molecule has 5 heteroatoms. The Hall–Kier alpha value is -1.90. The number of nitriles is 1. The molecule has 6 rings (SSSR count). The number of nitrogens with zero attached hydrogens (tertiary/aromatic N) is 2. The van der Waals surface area contributed by atoms with Gasteiger partial charge in [0.05, 0.1) is 12.6 Å². The number of unbranched alkanes of at least 4 members (excludes halogenated alkanes) is 2. The minimum Gasteiger partial charge on any atom is -0.333 e. The van der Waals surface area contributed by atoms with E-state index < -0.39 is 0 Å². The van der Waals surface area contributed by atoms with Crippen LogP contribution in [0.2, 0.25) is 0 Å². The Labute approximate surface area is 180 Å². The second-order valence-electron chi connectivity index (χ2n) is 10.4. The molecule has 1 aliphatic heterocycles. The quantitative estimate of drug-likeness (QED) is 0.649. The van der Waals surface area contributed by atoms with E-state index >= 15 is 0 Å². The van der Waals surface area contributed by atoms with E-state index in [1.54, 1.807) is 0 Å². The van der Waals surface area contributed by atoms with Gasteiger partial charge in [0.1, 0.15) is 0 Å². The molecule has 2 N–H and O–H groups in total. The number of rotatable bonds is 8. The third kappa shape index (κ3) is 3.88. The van der Waals surface area contributed by atoms with Crippen LogP contribution in [-0.2, 0) is 17.9 Å². The zero-order valence-electron chi connectivity index (χ0n) is 18.0. The summed E-state index contributed by atoms with van der Waals surface area (Å²) in [6.07, 6.45) is 10.3. The number of fused-ring (bicyclic) bond motifs is 1. The number of hydrogen-bond donors (Lipinski definition) is 2. The molecular formula is C25H34N4O. The normalized spacial score (nSPS) is 33.5. The molecule has 1 heterocycles. The maximum absolute atomic E-state index is 13.0. The maximum Gasteiger partial charge on any atom is 0.237 e. The van der Waals surface area contributed by atoms with Gasteiger partial charge in [-0.3, -0.25) is 4.79 Å². The Morgan fingerprint density at radius 3 is 2.30 bits per heavy atom. The van der Waals surface area contributed by atoms with Crippen LogP contribution in [0.5, 0.6) is 0 Å². The van der Waals surface area contributed by atoms with Gasteiger partial charge in [0.15, 0.2) is 0 Å². The average Bonchev–Trinajstić information content (AvgIpc) is 3.15. The summed E-state index contributed by atoms with van der Waals surface area (Å²) in [6.45, 7) is 2.99. The molecule has 1 aromatic rings. The Bertz CT molecular complexity index is 805. The fourth-order valence-electron chi connectivity index (χ4n) is 7.24. The molecule has 0 spiro atoms. The predicted molar refractivity (Wildman–Crippen MR) is 116 cm³/mol. The number of carbonyl (C=O) groups excluding carboxylic acids is 1. The largest absolute Gasteiger partial charge is 0.333 e. The summed E-state index contributed by atoms with van der Waals surface area (Å²) in [5, 5.41) is 16.5. The average molecular weight is 407 g/mol. The second-order valence-corrected chi connectivity index (χ2v) is 10.4. The first kappa shape index (κ1) is 20.0. The molecule has 1 aromatic carbocycles. The molecule has 4 bridgehead atoms. The molecule has 4 fully saturated rings. The van der Waals surface area contributed by atoms with Crippen molar-refractivity contribution < 1.29 is 4.79 Å². The minimum atomic E-state index is 0.131. The van der Waals surface area contributed by atoms with Gasteiger partial charge in [0, 0.05) is 30.6 Å². The molecule has 2 unspecified atom stereocenters. The molecule has 30 heavy (non-hydrogen) atoms. The van der Waals surface area contributed by atoms with Crippen molar-refractivity contribution in [3.8, 4) is 6.07 Å². The zero-order valence-corrected chi connectivity index (χ0v) is 18.0. The van der Waals surface area contributed by atoms with Crippen molar-refractivity contribution in [2.45, 2.75) is 82.0 Å². The molecule has 5 nitrogen and oxygen atoms in total. The third-order valence-electron chi connectivity index (χ3n) is 8.08. The summed E-state index contributed by atoms with van der Waals surface area (Å²) in [4.78, 5) is 15.0. The SMILES string of the molecule is N#CCCCCNC12CC3CC(C1)CC(NCC(=O)N1Cc4ccccc4C1)(C3)C2. The van der Waals surface area contributed by atoms with E-state index in [0.717, 1.165) is 50.7 Å². The van der Waals surface area contributed by atoms with Crippen molar-refractivity contribution in [1.29, 1.82) is 5.26 Å². The predicted octanol–water partition coefficient (Wildman–Crippen LogP) is 3.49. The van der Waals surface area contributed by atoms with Crippen LogP contribution in [0.4, 0.5) is 0 Å². The van der Waals surface area contributed by atoms with Crippen LogP contribution in [0.1, 0.15) is 68.9 Å². The van der Waals surface area contributed by atoms with Crippen molar-refractivity contribution in [1.82, 2.24) is 15.5 Å². The summed E-state index contributed by atoms with van der Waals surface area (Å²) in [7, 11) is 0. The molecular weight excluding hydrogens is 372 g/mol. The van der Waals surface area contributed by atoms with Crippen molar-refractivity contribution in [2.24, 2.45) is 11.8 Å². The third-order valence-corrected chi connectivity index (χ3v) is 8.08. The molecule has 1 amide bonds. The van der Waals surface area contributed by atoms with Crippen molar-refractivity contribution in [3.63, 3.8) is 0 Å². The smallest absolute Gasteiger partial charge is 0.237 e. The Balaban J connectivity index is 1.19. The first-order valence-corrected chi connectivity index (χ1v) is 11.8. The van der Waals surface area contributed by atoms with E-state index in [1.165, 1.54) is 43.2 Å². The van der Waals surface area contributed by atoms with E-state index in [0.29, 0.717) is 13.0 Å². The van der Waals surface area contributed by atoms with Gasteiger partial charge in [-0.25, -0.2) is 0 Å². The first-order valence-electron chi connectivity index (χ1n) is 11.8. The van der Waals surface area contributed by atoms with Crippen LogP contribution < -0.4 is 10.6 Å². The van der Waals surface area contributed by atoms with Gasteiger partial charge in [-0.15, -0.1) is 0 Å². The summed E-state index contributed by atoms with van der Waals surface area (Å²) in [5.41, 5.74) is 2.96.